The van der Waals surface area contributed by atoms with Crippen LogP contribution in [0, 0.1) is 6.92 Å². The lowest BCUT2D eigenvalue weighted by atomic mass is 10.1. The molecule has 1 aromatic heterocycles. The van der Waals surface area contributed by atoms with E-state index >= 15 is 0 Å². The number of nitrogens with zero attached hydrogens (tertiary/aromatic N) is 4. The molecule has 2 fully saturated rings. The smallest absolute Gasteiger partial charge is 0.253 e. The highest BCUT2D eigenvalue weighted by Crippen LogP contribution is 2.32. The number of aryl methyl sites for hydroxylation is 1. The number of hydrogen-bond acceptors (Lipinski definition) is 7. The SMILES string of the molecule is COc1ccc(C(=O)N2CC[C@H](c3ncc(C(N)=O)c(C)n3)C2)cc1N1CCOCC1. The van der Waals surface area contributed by atoms with Crippen LogP contribution in [-0.4, -0.2) is 73.2 Å². The maximum atomic E-state index is 13.2. The highest BCUT2D eigenvalue weighted by Gasteiger charge is 2.31. The molecule has 2 saturated heterocycles. The minimum absolute atomic E-state index is 0.0230. The van der Waals surface area contributed by atoms with Crippen molar-refractivity contribution in [2.24, 2.45) is 5.73 Å². The van der Waals surface area contributed by atoms with Gasteiger partial charge in [-0.3, -0.25) is 9.59 Å². The highest BCUT2D eigenvalue weighted by atomic mass is 16.5. The topological polar surface area (TPSA) is 111 Å². The summed E-state index contributed by atoms with van der Waals surface area (Å²) in [4.78, 5) is 37.4. The molecule has 0 aliphatic carbocycles. The van der Waals surface area contributed by atoms with E-state index in [1.165, 1.54) is 6.20 Å². The average Bonchev–Trinajstić information content (AvgIpc) is 3.29. The molecule has 3 heterocycles. The van der Waals surface area contributed by atoms with Gasteiger partial charge in [-0.25, -0.2) is 9.97 Å². The number of anilines is 1. The van der Waals surface area contributed by atoms with Crippen molar-refractivity contribution in [1.29, 1.82) is 0 Å². The summed E-state index contributed by atoms with van der Waals surface area (Å²) in [5.74, 6) is 0.854. The molecule has 1 atom stereocenters. The van der Waals surface area contributed by atoms with Crippen LogP contribution in [0.2, 0.25) is 0 Å². The van der Waals surface area contributed by atoms with E-state index in [4.69, 9.17) is 15.2 Å². The van der Waals surface area contributed by atoms with Crippen molar-refractivity contribution in [3.63, 3.8) is 0 Å². The third kappa shape index (κ3) is 4.32. The van der Waals surface area contributed by atoms with Gasteiger partial charge in [-0.15, -0.1) is 0 Å². The number of nitrogens with two attached hydrogens (primary N) is 1. The zero-order valence-corrected chi connectivity index (χ0v) is 17.8. The summed E-state index contributed by atoms with van der Waals surface area (Å²) in [7, 11) is 1.64. The lowest BCUT2D eigenvalue weighted by Gasteiger charge is -2.30. The minimum atomic E-state index is -0.539. The zero-order valence-electron chi connectivity index (χ0n) is 17.8. The van der Waals surface area contributed by atoms with Crippen LogP contribution >= 0.6 is 0 Å². The molecule has 0 spiro atoms. The Hall–Kier alpha value is -3.20. The molecule has 4 rings (SSSR count). The number of methoxy groups -OCH3 is 1. The second kappa shape index (κ2) is 8.89. The molecule has 164 valence electrons. The standard InChI is InChI=1S/C22H27N5O4/c1-14-17(20(23)28)12-24-21(25-14)16-5-6-27(13-16)22(29)15-3-4-19(30-2)18(11-15)26-7-9-31-10-8-26/h3-4,11-12,16H,5-10,13H2,1-2H3,(H2,23,28)/t16-/m0/s1. The van der Waals surface area contributed by atoms with Crippen molar-refractivity contribution in [3.05, 3.63) is 47.0 Å². The van der Waals surface area contributed by atoms with Crippen molar-refractivity contribution in [1.82, 2.24) is 14.9 Å². The van der Waals surface area contributed by atoms with Gasteiger partial charge in [0.15, 0.2) is 0 Å². The summed E-state index contributed by atoms with van der Waals surface area (Å²) in [5, 5.41) is 0. The first-order valence-corrected chi connectivity index (χ1v) is 10.4. The third-order valence-corrected chi connectivity index (χ3v) is 5.88. The Kier molecular flexibility index (Phi) is 6.03. The highest BCUT2D eigenvalue weighted by molar-refractivity contribution is 5.96. The number of carbonyl (C=O) groups excluding carboxylic acids is 2. The van der Waals surface area contributed by atoms with Crippen molar-refractivity contribution in [3.8, 4) is 5.75 Å². The number of rotatable bonds is 5. The van der Waals surface area contributed by atoms with Crippen LogP contribution in [0.5, 0.6) is 5.75 Å². The van der Waals surface area contributed by atoms with E-state index in [0.29, 0.717) is 48.9 Å². The molecule has 2 aliphatic heterocycles. The van der Waals surface area contributed by atoms with Crippen molar-refractivity contribution in [2.75, 3.05) is 51.4 Å². The molecule has 2 aliphatic rings. The van der Waals surface area contributed by atoms with Crippen LogP contribution in [-0.2, 0) is 4.74 Å². The van der Waals surface area contributed by atoms with E-state index in [2.05, 4.69) is 14.9 Å². The van der Waals surface area contributed by atoms with Gasteiger partial charge in [0.05, 0.1) is 37.3 Å². The Morgan fingerprint density at radius 3 is 2.68 bits per heavy atom. The summed E-state index contributed by atoms with van der Waals surface area (Å²) in [5.41, 5.74) is 7.76. The Bertz CT molecular complexity index is 990. The molecule has 2 N–H and O–H groups in total. The lowest BCUT2D eigenvalue weighted by molar-refractivity contribution is 0.0790. The summed E-state index contributed by atoms with van der Waals surface area (Å²) < 4.78 is 11.0. The minimum Gasteiger partial charge on any atom is -0.495 e. The fourth-order valence-corrected chi connectivity index (χ4v) is 4.14. The molecule has 2 aromatic rings. The van der Waals surface area contributed by atoms with E-state index in [0.717, 1.165) is 30.9 Å². The summed E-state index contributed by atoms with van der Waals surface area (Å²) in [6, 6.07) is 5.56. The number of amides is 2. The van der Waals surface area contributed by atoms with E-state index in [-0.39, 0.29) is 11.8 Å². The van der Waals surface area contributed by atoms with Crippen molar-refractivity contribution >= 4 is 17.5 Å². The third-order valence-electron chi connectivity index (χ3n) is 5.88. The van der Waals surface area contributed by atoms with Gasteiger partial charge >= 0.3 is 0 Å². The van der Waals surface area contributed by atoms with Crippen LogP contribution < -0.4 is 15.4 Å². The summed E-state index contributed by atoms with van der Waals surface area (Å²) >= 11 is 0. The maximum absolute atomic E-state index is 13.2. The molecule has 9 heteroatoms. The van der Waals surface area contributed by atoms with Crippen molar-refractivity contribution < 1.29 is 19.1 Å². The van der Waals surface area contributed by atoms with Gasteiger partial charge in [-0.05, 0) is 31.5 Å². The van der Waals surface area contributed by atoms with Gasteiger partial charge in [0.25, 0.3) is 11.8 Å². The molecule has 9 nitrogen and oxygen atoms in total. The average molecular weight is 425 g/mol. The van der Waals surface area contributed by atoms with Gasteiger partial charge in [0.2, 0.25) is 0 Å². The normalized spacial score (nSPS) is 18.8. The second-order valence-corrected chi connectivity index (χ2v) is 7.81. The fourth-order valence-electron chi connectivity index (χ4n) is 4.14. The van der Waals surface area contributed by atoms with Gasteiger partial charge in [0, 0.05) is 43.9 Å². The van der Waals surface area contributed by atoms with Gasteiger partial charge < -0.3 is 25.0 Å². The Morgan fingerprint density at radius 1 is 1.23 bits per heavy atom. The fraction of sp³-hybridized carbons (Fsp3) is 0.455. The first kappa shape index (κ1) is 21.0. The Balaban J connectivity index is 1.50. The maximum Gasteiger partial charge on any atom is 0.253 e. The largest absolute Gasteiger partial charge is 0.495 e. The number of morpholine rings is 1. The predicted octanol–water partition coefficient (Wildman–Crippen LogP) is 1.36. The molecule has 31 heavy (non-hydrogen) atoms. The van der Waals surface area contributed by atoms with E-state index in [1.807, 2.05) is 17.0 Å². The predicted molar refractivity (Wildman–Crippen MR) is 115 cm³/mol. The molecule has 0 saturated carbocycles. The molecular formula is C22H27N5O4. The van der Waals surface area contributed by atoms with Gasteiger partial charge in [0.1, 0.15) is 11.6 Å². The zero-order chi connectivity index (χ0) is 22.0. The first-order valence-electron chi connectivity index (χ1n) is 10.4. The van der Waals surface area contributed by atoms with Crippen LogP contribution in [0.4, 0.5) is 5.69 Å². The van der Waals surface area contributed by atoms with Crippen LogP contribution in [0.15, 0.2) is 24.4 Å². The molecule has 2 amide bonds. The lowest BCUT2D eigenvalue weighted by Crippen LogP contribution is -2.36. The number of ether oxygens (including phenoxy) is 2. The van der Waals surface area contributed by atoms with E-state index in [1.54, 1.807) is 20.1 Å². The molecule has 0 bridgehead atoms. The molecule has 1 aromatic carbocycles. The monoisotopic (exact) mass is 425 g/mol. The number of benzene rings is 1. The van der Waals surface area contributed by atoms with E-state index in [9.17, 15) is 9.59 Å². The summed E-state index contributed by atoms with van der Waals surface area (Å²) in [6.45, 7) is 5.74. The van der Waals surface area contributed by atoms with Crippen LogP contribution in [0.3, 0.4) is 0 Å². The number of primary amides is 1. The Morgan fingerprint density at radius 2 is 2.00 bits per heavy atom. The molecule has 0 unspecified atom stereocenters. The second-order valence-electron chi connectivity index (χ2n) is 7.81. The molecular weight excluding hydrogens is 398 g/mol. The molecule has 0 radical (unpaired) electrons. The van der Waals surface area contributed by atoms with E-state index < -0.39 is 5.91 Å². The van der Waals surface area contributed by atoms with Gasteiger partial charge in [-0.2, -0.15) is 0 Å². The van der Waals surface area contributed by atoms with Gasteiger partial charge in [-0.1, -0.05) is 0 Å². The Labute approximate surface area is 181 Å². The number of aromatic nitrogens is 2. The van der Waals surface area contributed by atoms with Crippen LogP contribution in [0.25, 0.3) is 0 Å². The van der Waals surface area contributed by atoms with Crippen molar-refractivity contribution in [2.45, 2.75) is 19.3 Å². The number of likely N-dealkylation sites (tertiary alicyclic amines) is 1. The number of hydrogen-bond donors (Lipinski definition) is 1. The van der Waals surface area contributed by atoms with Crippen LogP contribution in [0.1, 0.15) is 44.6 Å². The number of carbonyl (C=O) groups is 2. The quantitative estimate of drug-likeness (QED) is 0.770. The first-order chi connectivity index (χ1) is 15.0. The summed E-state index contributed by atoms with van der Waals surface area (Å²) in [6.07, 6.45) is 2.25.